The number of ether oxygens (including phenoxy) is 2. The third kappa shape index (κ3) is 8.87. The summed E-state index contributed by atoms with van der Waals surface area (Å²) in [5, 5.41) is 9.62. The van der Waals surface area contributed by atoms with Gasteiger partial charge in [0.15, 0.2) is 0 Å². The van der Waals surface area contributed by atoms with Gasteiger partial charge in [0.05, 0.1) is 26.5 Å². The van der Waals surface area contributed by atoms with Crippen LogP contribution < -0.4 is 35.2 Å². The van der Waals surface area contributed by atoms with Crippen LogP contribution in [0.2, 0.25) is 10.0 Å². The molecule has 1 saturated carbocycles. The first-order valence-electron chi connectivity index (χ1n) is 15.6. The minimum atomic E-state index is -0.233. The summed E-state index contributed by atoms with van der Waals surface area (Å²) < 4.78 is 10.8. The second-order valence-electron chi connectivity index (χ2n) is 11.3. The van der Waals surface area contributed by atoms with Crippen molar-refractivity contribution in [2.45, 2.75) is 64.2 Å². The third-order valence-corrected chi connectivity index (χ3v) is 8.78. The van der Waals surface area contributed by atoms with E-state index in [0.717, 1.165) is 31.2 Å². The predicted molar refractivity (Wildman–Crippen MR) is 189 cm³/mol. The minimum Gasteiger partial charge on any atom is -0.495 e. The first-order chi connectivity index (χ1) is 23.1. The van der Waals surface area contributed by atoms with Crippen LogP contribution in [0, 0.1) is 0 Å². The van der Waals surface area contributed by atoms with Gasteiger partial charge in [-0.2, -0.15) is 4.98 Å². The van der Waals surface area contributed by atoms with E-state index in [9.17, 15) is 14.4 Å². The number of amides is 3. The van der Waals surface area contributed by atoms with Gasteiger partial charge in [0.2, 0.25) is 24.2 Å². The van der Waals surface area contributed by atoms with E-state index in [-0.39, 0.29) is 57.7 Å². The Labute approximate surface area is 290 Å². The molecule has 3 N–H and O–H groups in total. The van der Waals surface area contributed by atoms with Crippen molar-refractivity contribution >= 4 is 64.6 Å². The predicted octanol–water partition coefficient (Wildman–Crippen LogP) is 5.97. The Hall–Kier alpha value is -4.55. The Morgan fingerprint density at radius 2 is 1.75 bits per heavy atom. The van der Waals surface area contributed by atoms with Crippen LogP contribution >= 0.6 is 23.2 Å². The number of carbonyl (C=O) groups is 3. The van der Waals surface area contributed by atoms with E-state index in [1.807, 2.05) is 36.2 Å². The lowest BCUT2D eigenvalue weighted by molar-refractivity contribution is -0.117. The molecule has 1 aromatic heterocycles. The number of nitrogens with one attached hydrogen (secondary N) is 3. The maximum absolute atomic E-state index is 12.6. The van der Waals surface area contributed by atoms with Crippen molar-refractivity contribution in [2.24, 2.45) is 0 Å². The number of aromatic nitrogens is 2. The molecule has 3 amide bonds. The number of carbonyl (C=O) groups excluding carboxylic acids is 3. The lowest BCUT2D eigenvalue weighted by atomic mass is 9.90. The van der Waals surface area contributed by atoms with Gasteiger partial charge in [-0.1, -0.05) is 61.7 Å². The highest BCUT2D eigenvalue weighted by molar-refractivity contribution is 6.41. The third-order valence-electron chi connectivity index (χ3n) is 8.05. The molecule has 12 nitrogen and oxygen atoms in total. The second-order valence-corrected chi connectivity index (χ2v) is 12.1. The summed E-state index contributed by atoms with van der Waals surface area (Å²) in [6, 6.07) is 8.89. The normalized spacial score (nSPS) is 15.5. The number of hydrogen-bond acceptors (Lipinski definition) is 9. The lowest BCUT2D eigenvalue weighted by Gasteiger charge is -2.33. The molecule has 2 aromatic carbocycles. The van der Waals surface area contributed by atoms with E-state index in [2.05, 4.69) is 27.5 Å². The zero-order valence-corrected chi connectivity index (χ0v) is 29.0. The first-order valence-corrected chi connectivity index (χ1v) is 16.3. The summed E-state index contributed by atoms with van der Waals surface area (Å²) in [5.41, 5.74) is 2.41. The van der Waals surface area contributed by atoms with Gasteiger partial charge in [-0.15, -0.1) is 0 Å². The number of hydrogen-bond donors (Lipinski definition) is 3. The van der Waals surface area contributed by atoms with Crippen LogP contribution in [0.3, 0.4) is 0 Å². The average Bonchev–Trinajstić information content (AvgIpc) is 3.09. The van der Waals surface area contributed by atoms with Crippen molar-refractivity contribution in [3.8, 4) is 11.5 Å². The lowest BCUT2D eigenvalue weighted by Crippen LogP contribution is -2.48. The molecule has 0 aliphatic heterocycles. The highest BCUT2D eigenvalue weighted by Gasteiger charge is 2.28. The monoisotopic (exact) mass is 697 g/mol. The zero-order chi connectivity index (χ0) is 34.8. The Kier molecular flexibility index (Phi) is 12.9. The maximum atomic E-state index is 12.6. The molecule has 3 aromatic rings. The molecule has 2 unspecified atom stereocenters. The molecule has 0 bridgehead atoms. The van der Waals surface area contributed by atoms with Crippen LogP contribution in [-0.2, 0) is 27.5 Å². The Morgan fingerprint density at radius 1 is 1.06 bits per heavy atom. The summed E-state index contributed by atoms with van der Waals surface area (Å²) in [4.78, 5) is 49.6. The van der Waals surface area contributed by atoms with Gasteiger partial charge in [0, 0.05) is 55.6 Å². The zero-order valence-electron chi connectivity index (χ0n) is 27.5. The first kappa shape index (κ1) is 36.3. The van der Waals surface area contributed by atoms with Crippen LogP contribution in [0.5, 0.6) is 11.5 Å². The molecule has 2 atom stereocenters. The smallest absolute Gasteiger partial charge is 0.243 e. The molecule has 256 valence electrons. The Balaban J connectivity index is 1.72. The van der Waals surface area contributed by atoms with E-state index in [0.29, 0.717) is 42.4 Å². The maximum Gasteiger partial charge on any atom is 0.243 e. The quantitative estimate of drug-likeness (QED) is 0.129. The SMILES string of the molecule is C=CC(=O)NC1CCCCC1Nc1ncc(CN(C=O)c2c(Cl)c(OC)cc(OC)c2Cl)c(N(C)Cc2cccc(NC(=O)CC)c2)n1. The summed E-state index contributed by atoms with van der Waals surface area (Å²) in [6.45, 7) is 5.79. The van der Waals surface area contributed by atoms with Crippen molar-refractivity contribution in [1.29, 1.82) is 0 Å². The van der Waals surface area contributed by atoms with Crippen LogP contribution in [0.25, 0.3) is 0 Å². The van der Waals surface area contributed by atoms with Gasteiger partial charge < -0.3 is 35.2 Å². The number of anilines is 4. The summed E-state index contributed by atoms with van der Waals surface area (Å²) in [5.74, 6) is 1.16. The van der Waals surface area contributed by atoms with Crippen molar-refractivity contribution in [3.63, 3.8) is 0 Å². The van der Waals surface area contributed by atoms with Crippen LogP contribution in [-0.4, -0.2) is 61.5 Å². The molecular weight excluding hydrogens is 657 g/mol. The highest BCUT2D eigenvalue weighted by atomic mass is 35.5. The summed E-state index contributed by atoms with van der Waals surface area (Å²) >= 11 is 13.3. The fourth-order valence-corrected chi connectivity index (χ4v) is 6.33. The molecule has 48 heavy (non-hydrogen) atoms. The fourth-order valence-electron chi connectivity index (χ4n) is 5.62. The molecule has 1 heterocycles. The minimum absolute atomic E-state index is 0.00720. The molecule has 1 aliphatic rings. The number of methoxy groups -OCH3 is 2. The average molecular weight is 699 g/mol. The molecule has 4 rings (SSSR count). The largest absolute Gasteiger partial charge is 0.495 e. The number of nitrogens with zero attached hydrogens (tertiary/aromatic N) is 4. The van der Waals surface area contributed by atoms with E-state index in [1.165, 1.54) is 25.2 Å². The fraction of sp³-hybridized carbons (Fsp3) is 0.382. The number of benzene rings is 2. The Bertz CT molecular complexity index is 1610. The van der Waals surface area contributed by atoms with Gasteiger partial charge in [0.25, 0.3) is 0 Å². The van der Waals surface area contributed by atoms with Gasteiger partial charge >= 0.3 is 0 Å². The molecule has 1 aliphatic carbocycles. The molecule has 14 heteroatoms. The summed E-state index contributed by atoms with van der Waals surface area (Å²) in [6.07, 6.45) is 7.52. The molecule has 1 fully saturated rings. The van der Waals surface area contributed by atoms with Gasteiger partial charge in [0.1, 0.15) is 27.4 Å². The number of rotatable bonds is 15. The van der Waals surface area contributed by atoms with Gasteiger partial charge in [-0.3, -0.25) is 14.4 Å². The highest BCUT2D eigenvalue weighted by Crippen LogP contribution is 2.46. The van der Waals surface area contributed by atoms with E-state index < -0.39 is 0 Å². The second kappa shape index (κ2) is 17.0. The van der Waals surface area contributed by atoms with Crippen molar-refractivity contribution in [2.75, 3.05) is 41.7 Å². The van der Waals surface area contributed by atoms with E-state index in [4.69, 9.17) is 37.7 Å². The molecule has 0 saturated heterocycles. The van der Waals surface area contributed by atoms with Crippen LogP contribution in [0.4, 0.5) is 23.1 Å². The van der Waals surface area contributed by atoms with Crippen LogP contribution in [0.1, 0.15) is 50.2 Å². The van der Waals surface area contributed by atoms with E-state index >= 15 is 0 Å². The van der Waals surface area contributed by atoms with Crippen molar-refractivity contribution in [3.05, 3.63) is 70.4 Å². The topological polar surface area (TPSA) is 138 Å². The van der Waals surface area contributed by atoms with Gasteiger partial charge in [-0.05, 0) is 36.6 Å². The summed E-state index contributed by atoms with van der Waals surface area (Å²) in [7, 11) is 4.79. The number of halogens is 2. The molecule has 0 spiro atoms. The van der Waals surface area contributed by atoms with Crippen LogP contribution in [0.15, 0.2) is 49.2 Å². The van der Waals surface area contributed by atoms with Crippen molar-refractivity contribution in [1.82, 2.24) is 15.3 Å². The molecule has 0 radical (unpaired) electrons. The van der Waals surface area contributed by atoms with Gasteiger partial charge in [-0.25, -0.2) is 4.98 Å². The van der Waals surface area contributed by atoms with E-state index in [1.54, 1.807) is 19.2 Å². The molecular formula is C34H41Cl2N7O5. The standard InChI is InChI=1S/C34H41Cl2N7O5/c1-6-28(45)38-23-12-10-11-21(15-23)18-42(3)33-22(19-43(20-44)32-30(35)26(47-4)16-27(48-5)31(32)36)17-37-34(41-33)40-25-14-9-8-13-24(25)39-29(46)7-2/h7,10-12,15-17,20,24-25H,2,6,8-9,13-14,18-19H2,1,3-5H3,(H,38,45)(H,39,46)(H,37,40,41). The van der Waals surface area contributed by atoms with Crippen molar-refractivity contribution < 1.29 is 23.9 Å². The Morgan fingerprint density at radius 3 is 2.38 bits per heavy atom.